The molecule has 11 heteroatoms. The molecule has 136 valence electrons. The number of methoxy groups -OCH3 is 1. The van der Waals surface area contributed by atoms with Crippen molar-refractivity contribution in [3.05, 3.63) is 46.4 Å². The fraction of sp³-hybridized carbons (Fsp3) is 0.0667. The summed E-state index contributed by atoms with van der Waals surface area (Å²) in [6.45, 7) is 0. The number of nitrogens with one attached hydrogen (secondary N) is 2. The Labute approximate surface area is 158 Å². The highest BCUT2D eigenvalue weighted by atomic mass is 35.5. The Morgan fingerprint density at radius 1 is 1.15 bits per heavy atom. The number of rotatable bonds is 4. The van der Waals surface area contributed by atoms with Crippen molar-refractivity contribution in [1.29, 1.82) is 0 Å². The summed E-state index contributed by atoms with van der Waals surface area (Å²) in [6.07, 6.45) is -0.710. The second-order valence-electron chi connectivity index (χ2n) is 5.02. The minimum Gasteiger partial charge on any atom is -0.453 e. The quantitative estimate of drug-likeness (QED) is 0.626. The lowest BCUT2D eigenvalue weighted by molar-refractivity contribution is 0.186. The standard InChI is InChI=1S/C15H11Cl2N3O5S/c1-24-15(21)20-14-18-12-3-2-11(7-13(12)19-14)26(22,23)25-10-5-8(16)4-9(17)6-10/h2-7H,1H3,(H2,18,19,20,21). The SMILES string of the molecule is COC(=O)Nc1nc2cc(S(=O)(=O)Oc3cc(Cl)cc(Cl)c3)ccc2[nH]1. The number of imidazole rings is 1. The van der Waals surface area contributed by atoms with Crippen LogP contribution in [0.4, 0.5) is 10.7 Å². The first kappa shape index (κ1) is 18.3. The molecule has 3 aromatic rings. The Morgan fingerprint density at radius 2 is 1.85 bits per heavy atom. The lowest BCUT2D eigenvalue weighted by atomic mass is 10.3. The van der Waals surface area contributed by atoms with Gasteiger partial charge in [-0.2, -0.15) is 8.42 Å². The van der Waals surface area contributed by atoms with Gasteiger partial charge in [-0.1, -0.05) is 23.2 Å². The summed E-state index contributed by atoms with van der Waals surface area (Å²) in [4.78, 5) is 18.0. The van der Waals surface area contributed by atoms with Crippen molar-refractivity contribution < 1.29 is 22.1 Å². The summed E-state index contributed by atoms with van der Waals surface area (Å²) >= 11 is 11.7. The summed E-state index contributed by atoms with van der Waals surface area (Å²) in [5.41, 5.74) is 0.825. The Kier molecular flexibility index (Phi) is 4.94. The van der Waals surface area contributed by atoms with Crippen molar-refractivity contribution in [3.63, 3.8) is 0 Å². The topological polar surface area (TPSA) is 110 Å². The van der Waals surface area contributed by atoms with Gasteiger partial charge >= 0.3 is 16.2 Å². The number of ether oxygens (including phenoxy) is 1. The third-order valence-electron chi connectivity index (χ3n) is 3.19. The molecule has 0 atom stereocenters. The van der Waals surface area contributed by atoms with Gasteiger partial charge in [-0.25, -0.2) is 9.78 Å². The van der Waals surface area contributed by atoms with Crippen LogP contribution in [0.25, 0.3) is 11.0 Å². The van der Waals surface area contributed by atoms with Crippen LogP contribution in [0.2, 0.25) is 10.0 Å². The van der Waals surface area contributed by atoms with Crippen LogP contribution in [0, 0.1) is 0 Å². The fourth-order valence-electron chi connectivity index (χ4n) is 2.10. The maximum absolute atomic E-state index is 12.5. The highest BCUT2D eigenvalue weighted by molar-refractivity contribution is 7.87. The summed E-state index contributed by atoms with van der Waals surface area (Å²) < 4.78 is 34.5. The number of carbonyl (C=O) groups excluding carboxylic acids is 1. The molecular weight excluding hydrogens is 405 g/mol. The number of benzene rings is 2. The van der Waals surface area contributed by atoms with Crippen molar-refractivity contribution in [2.75, 3.05) is 12.4 Å². The molecule has 0 aliphatic rings. The van der Waals surface area contributed by atoms with E-state index in [1.807, 2.05) is 0 Å². The van der Waals surface area contributed by atoms with E-state index in [9.17, 15) is 13.2 Å². The van der Waals surface area contributed by atoms with Crippen molar-refractivity contribution in [2.45, 2.75) is 4.90 Å². The van der Waals surface area contributed by atoms with Gasteiger partial charge in [-0.3, -0.25) is 5.32 Å². The van der Waals surface area contributed by atoms with E-state index in [2.05, 4.69) is 20.0 Å². The number of aromatic nitrogens is 2. The first-order valence-electron chi connectivity index (χ1n) is 7.02. The second kappa shape index (κ2) is 7.02. The number of hydrogen-bond donors (Lipinski definition) is 2. The number of H-pyrrole nitrogens is 1. The lowest BCUT2D eigenvalue weighted by Gasteiger charge is -2.07. The number of carbonyl (C=O) groups is 1. The molecule has 0 aliphatic heterocycles. The molecule has 0 unspecified atom stereocenters. The second-order valence-corrected chi connectivity index (χ2v) is 7.44. The molecule has 0 spiro atoms. The van der Waals surface area contributed by atoms with Crippen molar-refractivity contribution in [3.8, 4) is 5.75 Å². The van der Waals surface area contributed by atoms with Crippen molar-refractivity contribution in [1.82, 2.24) is 9.97 Å². The monoisotopic (exact) mass is 415 g/mol. The van der Waals surface area contributed by atoms with Gasteiger partial charge in [0.2, 0.25) is 5.95 Å². The van der Waals surface area contributed by atoms with Crippen molar-refractivity contribution in [2.24, 2.45) is 0 Å². The smallest absolute Gasteiger partial charge is 0.413 e. The largest absolute Gasteiger partial charge is 0.453 e. The zero-order valence-electron chi connectivity index (χ0n) is 13.1. The van der Waals surface area contributed by atoms with Crippen LogP contribution in [0.15, 0.2) is 41.3 Å². The Hall–Kier alpha value is -2.49. The van der Waals surface area contributed by atoms with E-state index in [4.69, 9.17) is 27.4 Å². The molecule has 0 radical (unpaired) electrons. The molecule has 0 aliphatic carbocycles. The molecule has 0 fully saturated rings. The Bertz CT molecular complexity index is 1080. The molecule has 0 saturated heterocycles. The molecule has 3 rings (SSSR count). The predicted molar refractivity (Wildman–Crippen MR) is 96.4 cm³/mol. The highest BCUT2D eigenvalue weighted by Crippen LogP contribution is 2.27. The Balaban J connectivity index is 1.91. The number of nitrogens with zero attached hydrogens (tertiary/aromatic N) is 1. The van der Waals surface area contributed by atoms with Crippen LogP contribution >= 0.6 is 23.2 Å². The van der Waals surface area contributed by atoms with Crippen LogP contribution in [0.1, 0.15) is 0 Å². The number of amides is 1. The number of aromatic amines is 1. The van der Waals surface area contributed by atoms with E-state index in [0.717, 1.165) is 0 Å². The van der Waals surface area contributed by atoms with Crippen LogP contribution in [0.3, 0.4) is 0 Å². The molecule has 2 aromatic carbocycles. The summed E-state index contributed by atoms with van der Waals surface area (Å²) in [5, 5.41) is 2.83. The van der Waals surface area contributed by atoms with Gasteiger partial charge < -0.3 is 13.9 Å². The molecule has 1 aromatic heterocycles. The number of fused-ring (bicyclic) bond motifs is 1. The molecular formula is C15H11Cl2N3O5S. The third-order valence-corrected chi connectivity index (χ3v) is 4.87. The van der Waals surface area contributed by atoms with Crippen molar-refractivity contribution >= 4 is 56.4 Å². The minimum atomic E-state index is -4.14. The van der Waals surface area contributed by atoms with E-state index >= 15 is 0 Å². The highest BCUT2D eigenvalue weighted by Gasteiger charge is 2.19. The van der Waals surface area contributed by atoms with E-state index in [1.54, 1.807) is 0 Å². The van der Waals surface area contributed by atoms with Gasteiger partial charge in [0.1, 0.15) is 10.6 Å². The first-order valence-corrected chi connectivity index (χ1v) is 9.18. The lowest BCUT2D eigenvalue weighted by Crippen LogP contribution is -2.11. The minimum absolute atomic E-state index is 0.0160. The molecule has 1 heterocycles. The predicted octanol–water partition coefficient (Wildman–Crippen LogP) is 3.82. The zero-order valence-corrected chi connectivity index (χ0v) is 15.4. The number of anilines is 1. The maximum Gasteiger partial charge on any atom is 0.413 e. The van der Waals surface area contributed by atoms with Crippen LogP contribution in [0.5, 0.6) is 5.75 Å². The molecule has 2 N–H and O–H groups in total. The van der Waals surface area contributed by atoms with Gasteiger partial charge in [0.05, 0.1) is 18.1 Å². The fourth-order valence-corrected chi connectivity index (χ4v) is 3.54. The molecule has 8 nitrogen and oxygen atoms in total. The van der Waals surface area contributed by atoms with Crippen LogP contribution in [-0.4, -0.2) is 31.6 Å². The number of halogens is 2. The van der Waals surface area contributed by atoms with Gasteiger partial charge in [-0.15, -0.1) is 0 Å². The van der Waals surface area contributed by atoms with Gasteiger partial charge in [0, 0.05) is 22.2 Å². The molecule has 0 bridgehead atoms. The zero-order chi connectivity index (χ0) is 18.9. The van der Waals surface area contributed by atoms with E-state index < -0.39 is 16.2 Å². The molecule has 0 saturated carbocycles. The first-order chi connectivity index (χ1) is 12.3. The summed E-state index contributed by atoms with van der Waals surface area (Å²) in [5.74, 6) is 0.0987. The van der Waals surface area contributed by atoms with Crippen LogP contribution in [-0.2, 0) is 14.9 Å². The molecule has 1 amide bonds. The van der Waals surface area contributed by atoms with Gasteiger partial charge in [0.15, 0.2) is 0 Å². The average Bonchev–Trinajstić information content (AvgIpc) is 2.94. The summed E-state index contributed by atoms with van der Waals surface area (Å²) in [6, 6.07) is 8.24. The maximum atomic E-state index is 12.5. The van der Waals surface area contributed by atoms with E-state index in [-0.39, 0.29) is 26.6 Å². The summed E-state index contributed by atoms with van der Waals surface area (Å²) in [7, 11) is -2.93. The van der Waals surface area contributed by atoms with E-state index in [0.29, 0.717) is 11.0 Å². The van der Waals surface area contributed by atoms with Gasteiger partial charge in [-0.05, 0) is 24.3 Å². The third kappa shape index (κ3) is 4.01. The normalized spacial score (nSPS) is 11.3. The number of hydrogen-bond acceptors (Lipinski definition) is 6. The van der Waals surface area contributed by atoms with Gasteiger partial charge in [0.25, 0.3) is 0 Å². The Morgan fingerprint density at radius 3 is 2.50 bits per heavy atom. The van der Waals surface area contributed by atoms with Crippen LogP contribution < -0.4 is 9.50 Å². The average molecular weight is 416 g/mol. The molecule has 26 heavy (non-hydrogen) atoms. The van der Waals surface area contributed by atoms with E-state index in [1.165, 1.54) is 43.5 Å².